The van der Waals surface area contributed by atoms with Gasteiger partial charge in [0.15, 0.2) is 0 Å². The van der Waals surface area contributed by atoms with Gasteiger partial charge < -0.3 is 14.0 Å². The second-order valence-electron chi connectivity index (χ2n) is 6.07. The van der Waals surface area contributed by atoms with Crippen LogP contribution in [0.25, 0.3) is 10.9 Å². The van der Waals surface area contributed by atoms with Crippen molar-refractivity contribution in [1.29, 1.82) is 0 Å². The summed E-state index contributed by atoms with van der Waals surface area (Å²) < 4.78 is 12.5. The normalized spacial score (nSPS) is 10.8. The number of benzene rings is 2. The van der Waals surface area contributed by atoms with Gasteiger partial charge in [-0.15, -0.1) is 6.42 Å². The minimum absolute atomic E-state index is 0.368. The molecule has 0 bridgehead atoms. The largest absolute Gasteiger partial charge is 0.497 e. The number of carbonyl (C=O) groups is 1. The van der Waals surface area contributed by atoms with E-state index in [2.05, 4.69) is 16.4 Å². The summed E-state index contributed by atoms with van der Waals surface area (Å²) in [6.45, 7) is 2.45. The summed E-state index contributed by atoms with van der Waals surface area (Å²) in [5.41, 5.74) is 5.85. The van der Waals surface area contributed by atoms with Crippen molar-refractivity contribution >= 4 is 23.0 Å². The number of aromatic nitrogens is 1. The fourth-order valence-electron chi connectivity index (χ4n) is 3.12. The van der Waals surface area contributed by atoms with Gasteiger partial charge in [-0.3, -0.25) is 4.79 Å². The van der Waals surface area contributed by atoms with Gasteiger partial charge in [-0.2, -0.15) is 5.10 Å². The van der Waals surface area contributed by atoms with E-state index >= 15 is 0 Å². The molecule has 0 aliphatic carbocycles. The van der Waals surface area contributed by atoms with Crippen molar-refractivity contribution < 1.29 is 14.3 Å². The van der Waals surface area contributed by atoms with Gasteiger partial charge in [-0.1, -0.05) is 24.1 Å². The molecule has 6 heteroatoms. The molecule has 0 aliphatic heterocycles. The van der Waals surface area contributed by atoms with Gasteiger partial charge in [-0.25, -0.2) is 5.43 Å². The van der Waals surface area contributed by atoms with Crippen LogP contribution < -0.4 is 14.9 Å². The first-order chi connectivity index (χ1) is 13.6. The van der Waals surface area contributed by atoms with Crippen molar-refractivity contribution in [3.05, 3.63) is 59.3 Å². The van der Waals surface area contributed by atoms with Gasteiger partial charge in [-0.05, 0) is 25.1 Å². The van der Waals surface area contributed by atoms with Crippen LogP contribution >= 0.6 is 0 Å². The molecule has 0 saturated heterocycles. The molecule has 2 aromatic carbocycles. The molecule has 1 amide bonds. The highest BCUT2D eigenvalue weighted by Crippen LogP contribution is 2.25. The molecule has 0 aliphatic rings. The van der Waals surface area contributed by atoms with Crippen LogP contribution in [0.2, 0.25) is 0 Å². The Morgan fingerprint density at radius 1 is 1.25 bits per heavy atom. The quantitative estimate of drug-likeness (QED) is 0.408. The second kappa shape index (κ2) is 8.31. The summed E-state index contributed by atoms with van der Waals surface area (Å²) in [5, 5.41) is 5.17. The van der Waals surface area contributed by atoms with Crippen LogP contribution in [-0.4, -0.2) is 30.9 Å². The van der Waals surface area contributed by atoms with Crippen LogP contribution in [0.5, 0.6) is 11.5 Å². The topological polar surface area (TPSA) is 64.9 Å². The Kier molecular flexibility index (Phi) is 5.66. The number of ether oxygens (including phenoxy) is 2. The fraction of sp³-hybridized carbons (Fsp3) is 0.182. The molecule has 3 rings (SSSR count). The van der Waals surface area contributed by atoms with Crippen LogP contribution in [-0.2, 0) is 6.54 Å². The highest BCUT2D eigenvalue weighted by atomic mass is 16.5. The Morgan fingerprint density at radius 3 is 2.75 bits per heavy atom. The molecule has 142 valence electrons. The molecule has 28 heavy (non-hydrogen) atoms. The van der Waals surface area contributed by atoms with E-state index in [-0.39, 0.29) is 5.91 Å². The summed E-state index contributed by atoms with van der Waals surface area (Å²) in [6.07, 6.45) is 7.14. The number of methoxy groups -OCH3 is 2. The van der Waals surface area contributed by atoms with Crippen LogP contribution in [0, 0.1) is 19.3 Å². The van der Waals surface area contributed by atoms with Crippen LogP contribution in [0.15, 0.2) is 47.6 Å². The molecule has 0 spiro atoms. The summed E-state index contributed by atoms with van der Waals surface area (Å²) in [5.74, 6) is 3.31. The Balaban J connectivity index is 1.87. The lowest BCUT2D eigenvalue weighted by molar-refractivity contribution is 0.0952. The number of carbonyl (C=O) groups excluding carboxylic acids is 1. The fourth-order valence-corrected chi connectivity index (χ4v) is 3.12. The van der Waals surface area contributed by atoms with E-state index in [4.69, 9.17) is 15.9 Å². The number of hydrogen-bond donors (Lipinski definition) is 1. The summed E-state index contributed by atoms with van der Waals surface area (Å²) in [6, 6.07) is 12.9. The smallest absolute Gasteiger partial charge is 0.275 e. The molecule has 3 aromatic rings. The van der Waals surface area contributed by atoms with Crippen LogP contribution in [0.1, 0.15) is 21.6 Å². The van der Waals surface area contributed by atoms with Crippen molar-refractivity contribution in [3.8, 4) is 23.8 Å². The Labute approximate surface area is 163 Å². The first-order valence-electron chi connectivity index (χ1n) is 8.67. The number of nitrogens with zero attached hydrogens (tertiary/aromatic N) is 2. The van der Waals surface area contributed by atoms with E-state index in [9.17, 15) is 4.79 Å². The zero-order chi connectivity index (χ0) is 20.1. The van der Waals surface area contributed by atoms with Gasteiger partial charge in [0.05, 0.1) is 32.5 Å². The van der Waals surface area contributed by atoms with Gasteiger partial charge in [0.1, 0.15) is 11.5 Å². The number of terminal acetylenes is 1. The highest BCUT2D eigenvalue weighted by Gasteiger charge is 2.14. The lowest BCUT2D eigenvalue weighted by atomic mass is 10.1. The number of fused-ring (bicyclic) bond motifs is 1. The molecule has 0 unspecified atom stereocenters. The molecule has 0 fully saturated rings. The molecule has 1 aromatic heterocycles. The van der Waals surface area contributed by atoms with E-state index in [1.54, 1.807) is 31.5 Å². The van der Waals surface area contributed by atoms with Crippen molar-refractivity contribution in [2.24, 2.45) is 5.10 Å². The van der Waals surface area contributed by atoms with Crippen molar-refractivity contribution in [2.75, 3.05) is 14.2 Å². The third kappa shape index (κ3) is 3.55. The maximum absolute atomic E-state index is 12.5. The molecule has 6 nitrogen and oxygen atoms in total. The second-order valence-corrected chi connectivity index (χ2v) is 6.07. The predicted molar refractivity (Wildman–Crippen MR) is 110 cm³/mol. The summed E-state index contributed by atoms with van der Waals surface area (Å²) >= 11 is 0. The monoisotopic (exact) mass is 375 g/mol. The van der Waals surface area contributed by atoms with E-state index in [1.165, 1.54) is 7.11 Å². The first-order valence-corrected chi connectivity index (χ1v) is 8.67. The summed E-state index contributed by atoms with van der Waals surface area (Å²) in [4.78, 5) is 12.5. The number of nitrogens with one attached hydrogen (secondary N) is 1. The van der Waals surface area contributed by atoms with Crippen LogP contribution in [0.3, 0.4) is 0 Å². The van der Waals surface area contributed by atoms with E-state index in [1.807, 2.05) is 35.8 Å². The molecular formula is C22H21N3O3. The molecule has 1 N–H and O–H groups in total. The van der Waals surface area contributed by atoms with Crippen molar-refractivity contribution in [3.63, 3.8) is 0 Å². The van der Waals surface area contributed by atoms with Gasteiger partial charge in [0, 0.05) is 28.2 Å². The number of amides is 1. The van der Waals surface area contributed by atoms with Crippen molar-refractivity contribution in [1.82, 2.24) is 9.99 Å². The molecule has 0 radical (unpaired) electrons. The minimum atomic E-state index is -0.374. The average molecular weight is 375 g/mol. The SMILES string of the molecule is C#CCn1c(C)c(C=NNC(=O)c2ccc(OC)cc2OC)c2ccccc21. The molecular weight excluding hydrogens is 354 g/mol. The maximum Gasteiger partial charge on any atom is 0.275 e. The number of hydrogen-bond acceptors (Lipinski definition) is 4. The van der Waals surface area contributed by atoms with Gasteiger partial charge in [0.25, 0.3) is 5.91 Å². The minimum Gasteiger partial charge on any atom is -0.497 e. The van der Waals surface area contributed by atoms with Gasteiger partial charge >= 0.3 is 0 Å². The predicted octanol–water partition coefficient (Wildman–Crippen LogP) is 3.36. The maximum atomic E-state index is 12.5. The molecule has 0 atom stereocenters. The van der Waals surface area contributed by atoms with E-state index in [0.717, 1.165) is 22.2 Å². The molecule has 0 saturated carbocycles. The van der Waals surface area contributed by atoms with E-state index < -0.39 is 0 Å². The Hall–Kier alpha value is -3.72. The Morgan fingerprint density at radius 2 is 2.04 bits per heavy atom. The average Bonchev–Trinajstić information content (AvgIpc) is 2.99. The first kappa shape index (κ1) is 19.1. The standard InChI is InChI=1S/C22H21N3O3/c1-5-12-25-15(2)19(17-8-6-7-9-20(17)25)14-23-24-22(26)18-11-10-16(27-3)13-21(18)28-4/h1,6-11,13-14H,12H2,2-4H3,(H,24,26). The zero-order valence-electron chi connectivity index (χ0n) is 16.0. The number of hydrazone groups is 1. The number of rotatable bonds is 6. The number of para-hydroxylation sites is 1. The van der Waals surface area contributed by atoms with Gasteiger partial charge in [0.2, 0.25) is 0 Å². The lowest BCUT2D eigenvalue weighted by Gasteiger charge is -2.08. The summed E-state index contributed by atoms with van der Waals surface area (Å²) in [7, 11) is 3.05. The van der Waals surface area contributed by atoms with Crippen LogP contribution in [0.4, 0.5) is 0 Å². The van der Waals surface area contributed by atoms with E-state index in [0.29, 0.717) is 23.6 Å². The highest BCUT2D eigenvalue weighted by molar-refractivity contribution is 6.02. The van der Waals surface area contributed by atoms with Crippen molar-refractivity contribution in [2.45, 2.75) is 13.5 Å². The Bertz CT molecular complexity index is 1090. The molecule has 1 heterocycles. The third-order valence-electron chi connectivity index (χ3n) is 4.54. The zero-order valence-corrected chi connectivity index (χ0v) is 16.0. The lowest BCUT2D eigenvalue weighted by Crippen LogP contribution is -2.18. The third-order valence-corrected chi connectivity index (χ3v) is 4.54.